The number of nitrogens with one attached hydrogen (secondary N) is 2. The average molecular weight is 761 g/mol. The molecule has 6 rings (SSSR count). The zero-order chi connectivity index (χ0) is 39.3. The van der Waals surface area contributed by atoms with Crippen molar-refractivity contribution in [3.05, 3.63) is 131 Å². The average Bonchev–Trinajstić information content (AvgIpc) is 3.86. The molecule has 0 radical (unpaired) electrons. The predicted octanol–water partition coefficient (Wildman–Crippen LogP) is 7.37. The zero-order valence-corrected chi connectivity index (χ0v) is 31.7. The summed E-state index contributed by atoms with van der Waals surface area (Å²) in [5, 5.41) is 5.88. The maximum absolute atomic E-state index is 13.4. The van der Waals surface area contributed by atoms with Crippen LogP contribution in [0.5, 0.6) is 0 Å². The van der Waals surface area contributed by atoms with Gasteiger partial charge in [0.25, 0.3) is 0 Å². The quantitative estimate of drug-likeness (QED) is 0.127. The Labute approximate surface area is 327 Å². The number of hydrogen-bond donors (Lipinski definition) is 2. The Kier molecular flexibility index (Phi) is 13.9. The van der Waals surface area contributed by atoms with Crippen LogP contribution >= 0.6 is 0 Å². The highest BCUT2D eigenvalue weighted by atomic mass is 16.6. The minimum atomic E-state index is -0.729. The monoisotopic (exact) mass is 760 g/mol. The van der Waals surface area contributed by atoms with E-state index in [1.54, 1.807) is 0 Å². The van der Waals surface area contributed by atoms with Gasteiger partial charge in [0.1, 0.15) is 25.3 Å². The fourth-order valence-electron chi connectivity index (χ4n) is 6.81. The molecule has 292 valence electrons. The molecular weight excluding hydrogens is 713 g/mol. The topological polar surface area (TPSA) is 136 Å². The van der Waals surface area contributed by atoms with E-state index in [1.807, 2.05) is 135 Å². The van der Waals surface area contributed by atoms with Crippen LogP contribution in [0.3, 0.4) is 0 Å². The Morgan fingerprint density at radius 3 is 1.30 bits per heavy atom. The molecule has 0 bridgehead atoms. The van der Waals surface area contributed by atoms with Crippen molar-refractivity contribution < 1.29 is 38.1 Å². The third-order valence-corrected chi connectivity index (χ3v) is 9.64. The van der Waals surface area contributed by atoms with Gasteiger partial charge in [-0.15, -0.1) is 0 Å². The van der Waals surface area contributed by atoms with E-state index < -0.39 is 24.3 Å². The van der Waals surface area contributed by atoms with Gasteiger partial charge in [-0.25, -0.2) is 9.59 Å². The normalized spacial score (nSPS) is 19.2. The third kappa shape index (κ3) is 10.8. The molecule has 2 saturated heterocycles. The van der Waals surface area contributed by atoms with Crippen LogP contribution in [0.15, 0.2) is 109 Å². The number of carbonyl (C=O) groups is 4. The number of hydrogen-bond acceptors (Lipinski definition) is 8. The van der Waals surface area contributed by atoms with E-state index in [-0.39, 0.29) is 50.3 Å². The van der Waals surface area contributed by atoms with Crippen LogP contribution < -0.4 is 10.6 Å². The van der Waals surface area contributed by atoms with Gasteiger partial charge in [-0.1, -0.05) is 97.1 Å². The number of nitrogens with zero attached hydrogens (tertiary/aromatic N) is 2. The Bertz CT molecular complexity index is 1800. The molecule has 4 aromatic carbocycles. The van der Waals surface area contributed by atoms with Crippen LogP contribution in [0.4, 0.5) is 21.0 Å². The van der Waals surface area contributed by atoms with Crippen molar-refractivity contribution in [1.29, 1.82) is 0 Å². The van der Waals surface area contributed by atoms with E-state index in [1.165, 1.54) is 9.80 Å². The number of amides is 4. The van der Waals surface area contributed by atoms with Gasteiger partial charge in [-0.2, -0.15) is 0 Å². The maximum Gasteiger partial charge on any atom is 0.410 e. The Hall–Kier alpha value is -5.98. The lowest BCUT2D eigenvalue weighted by atomic mass is 10.1. The summed E-state index contributed by atoms with van der Waals surface area (Å²) in [5.74, 6) is -0.617. The van der Waals surface area contributed by atoms with Gasteiger partial charge in [0.05, 0.1) is 25.3 Å². The van der Waals surface area contributed by atoms with Gasteiger partial charge in [0.15, 0.2) is 0 Å². The molecule has 2 fully saturated rings. The van der Waals surface area contributed by atoms with E-state index in [2.05, 4.69) is 10.6 Å². The summed E-state index contributed by atoms with van der Waals surface area (Å²) >= 11 is 0. The first kappa shape index (κ1) is 39.7. The van der Waals surface area contributed by atoms with Crippen molar-refractivity contribution in [2.75, 3.05) is 36.9 Å². The number of anilines is 2. The fourth-order valence-corrected chi connectivity index (χ4v) is 6.81. The second-order valence-corrected chi connectivity index (χ2v) is 13.6. The van der Waals surface area contributed by atoms with Crippen molar-refractivity contribution in [3.63, 3.8) is 0 Å². The molecular formula is C44H48N4O8. The third-order valence-electron chi connectivity index (χ3n) is 9.64. The zero-order valence-electron chi connectivity index (χ0n) is 31.7. The molecule has 12 nitrogen and oxygen atoms in total. The molecule has 0 aromatic heterocycles. The van der Waals surface area contributed by atoms with Gasteiger partial charge in [0, 0.05) is 37.4 Å². The predicted molar refractivity (Wildman–Crippen MR) is 213 cm³/mol. The summed E-state index contributed by atoms with van der Waals surface area (Å²) in [7, 11) is 0. The molecule has 2 N–H and O–H groups in total. The minimum absolute atomic E-state index is 0.115. The SMILES string of the molecule is CCO[C@H]1C[C@@H](C(=O)Nc2ccc(/C=C/c3ccc(NC(=O)[C@@H]4C[C@H](OCC)CN4C(=O)OCc4ccccc4)cc3)cc2)N(C(=O)OCc2ccccc2)C1. The highest BCUT2D eigenvalue weighted by molar-refractivity contribution is 5.98. The molecule has 56 heavy (non-hydrogen) atoms. The first-order chi connectivity index (χ1) is 27.3. The summed E-state index contributed by atoms with van der Waals surface area (Å²) in [4.78, 5) is 55.7. The molecule has 4 atom stereocenters. The number of ether oxygens (including phenoxy) is 4. The summed E-state index contributed by atoms with van der Waals surface area (Å²) in [6.07, 6.45) is 3.01. The van der Waals surface area contributed by atoms with Crippen LogP contribution in [-0.2, 0) is 41.8 Å². The number of carbonyl (C=O) groups excluding carboxylic acids is 4. The van der Waals surface area contributed by atoms with E-state index in [9.17, 15) is 19.2 Å². The highest BCUT2D eigenvalue weighted by Gasteiger charge is 2.42. The largest absolute Gasteiger partial charge is 0.445 e. The van der Waals surface area contributed by atoms with Crippen molar-refractivity contribution in [1.82, 2.24) is 9.80 Å². The number of benzene rings is 4. The molecule has 12 heteroatoms. The van der Waals surface area contributed by atoms with Gasteiger partial charge >= 0.3 is 12.2 Å². The first-order valence-electron chi connectivity index (χ1n) is 19.0. The standard InChI is InChI=1S/C44H48N4O8/c1-3-53-37-25-39(47(27-37)43(51)55-29-33-11-7-5-8-12-33)41(49)45-35-21-17-31(18-22-35)15-16-32-19-23-36(24-20-32)46-42(50)40-26-38(54-4-2)28-48(40)44(52)56-30-34-13-9-6-10-14-34/h5-24,37-40H,3-4,25-30H2,1-2H3,(H,45,49)(H,46,50)/b16-15+/t37-,38-,39-,40-/m0/s1. The Balaban J connectivity index is 1.01. The lowest BCUT2D eigenvalue weighted by molar-refractivity contribution is -0.120. The van der Waals surface area contributed by atoms with Crippen LogP contribution in [0, 0.1) is 0 Å². The van der Waals surface area contributed by atoms with Crippen LogP contribution in [0.25, 0.3) is 12.2 Å². The second-order valence-electron chi connectivity index (χ2n) is 13.6. The van der Waals surface area contributed by atoms with Crippen LogP contribution in [0.1, 0.15) is 48.9 Å². The van der Waals surface area contributed by atoms with Crippen molar-refractivity contribution >= 4 is 47.5 Å². The van der Waals surface area contributed by atoms with Gasteiger partial charge in [0.2, 0.25) is 11.8 Å². The smallest absolute Gasteiger partial charge is 0.410 e. The fraction of sp³-hybridized carbons (Fsp3) is 0.318. The molecule has 0 saturated carbocycles. The number of likely N-dealkylation sites (tertiary alicyclic amines) is 2. The minimum Gasteiger partial charge on any atom is -0.445 e. The van der Waals surface area contributed by atoms with E-state index in [0.29, 0.717) is 37.4 Å². The van der Waals surface area contributed by atoms with Crippen LogP contribution in [-0.4, -0.2) is 84.4 Å². The summed E-state index contributed by atoms with van der Waals surface area (Å²) in [5.41, 5.74) is 4.75. The lowest BCUT2D eigenvalue weighted by Gasteiger charge is -2.23. The summed E-state index contributed by atoms with van der Waals surface area (Å²) in [6, 6.07) is 32.1. The molecule has 2 aliphatic rings. The molecule has 2 aliphatic heterocycles. The lowest BCUT2D eigenvalue weighted by Crippen LogP contribution is -2.43. The molecule has 4 aromatic rings. The van der Waals surface area contributed by atoms with Crippen LogP contribution in [0.2, 0.25) is 0 Å². The van der Waals surface area contributed by atoms with Gasteiger partial charge < -0.3 is 29.6 Å². The maximum atomic E-state index is 13.4. The first-order valence-corrected chi connectivity index (χ1v) is 19.0. The molecule has 0 spiro atoms. The number of rotatable bonds is 14. The Morgan fingerprint density at radius 2 is 0.946 bits per heavy atom. The van der Waals surface area contributed by atoms with E-state index in [0.717, 1.165) is 22.3 Å². The van der Waals surface area contributed by atoms with E-state index >= 15 is 0 Å². The van der Waals surface area contributed by atoms with Gasteiger partial charge in [-0.05, 0) is 60.4 Å². The van der Waals surface area contributed by atoms with Crippen molar-refractivity contribution in [2.45, 2.75) is 64.2 Å². The van der Waals surface area contributed by atoms with Crippen molar-refractivity contribution in [2.24, 2.45) is 0 Å². The molecule has 0 aliphatic carbocycles. The Morgan fingerprint density at radius 1 is 0.571 bits per heavy atom. The molecule has 4 amide bonds. The van der Waals surface area contributed by atoms with Crippen molar-refractivity contribution in [3.8, 4) is 0 Å². The summed E-state index contributed by atoms with van der Waals surface area (Å²) < 4.78 is 22.6. The summed E-state index contributed by atoms with van der Waals surface area (Å²) in [6.45, 7) is 5.51. The highest BCUT2D eigenvalue weighted by Crippen LogP contribution is 2.26. The second kappa shape index (κ2) is 19.6. The van der Waals surface area contributed by atoms with E-state index in [4.69, 9.17) is 18.9 Å². The molecule has 2 heterocycles. The molecule has 0 unspecified atom stereocenters. The van der Waals surface area contributed by atoms with Gasteiger partial charge in [-0.3, -0.25) is 19.4 Å².